The minimum absolute atomic E-state index is 0.0220. The molecule has 1 aromatic rings. The van der Waals surface area contributed by atoms with Crippen LogP contribution in [0.1, 0.15) is 77.3 Å². The highest BCUT2D eigenvalue weighted by atomic mass is 16.2. The molecule has 0 radical (unpaired) electrons. The highest BCUT2D eigenvalue weighted by molar-refractivity contribution is 5.84. The van der Waals surface area contributed by atoms with Gasteiger partial charge in [-0.15, -0.1) is 0 Å². The van der Waals surface area contributed by atoms with Gasteiger partial charge in [0.1, 0.15) is 6.54 Å². The number of carbonyl (C=O) groups is 2. The molecule has 1 aromatic heterocycles. The van der Waals surface area contributed by atoms with E-state index >= 15 is 0 Å². The summed E-state index contributed by atoms with van der Waals surface area (Å²) in [7, 11) is 2.01. The number of nitrogens with one attached hydrogen (secondary N) is 1. The van der Waals surface area contributed by atoms with Crippen LogP contribution in [0, 0.1) is 17.8 Å². The van der Waals surface area contributed by atoms with Crippen molar-refractivity contribution >= 4 is 11.9 Å². The van der Waals surface area contributed by atoms with Crippen molar-refractivity contribution in [2.45, 2.75) is 83.7 Å². The van der Waals surface area contributed by atoms with Crippen LogP contribution < -0.4 is 5.32 Å². The average molecular weight is 443 g/mol. The van der Waals surface area contributed by atoms with Gasteiger partial charge in [0, 0.05) is 37.6 Å². The Kier molecular flexibility index (Phi) is 7.16. The van der Waals surface area contributed by atoms with E-state index in [0.717, 1.165) is 68.5 Å². The summed E-state index contributed by atoms with van der Waals surface area (Å²) in [5.41, 5.74) is 1.10. The van der Waals surface area contributed by atoms with Gasteiger partial charge in [-0.05, 0) is 81.3 Å². The molecule has 0 unspecified atom stereocenters. The molecule has 0 aliphatic heterocycles. The molecule has 0 spiro atoms. The number of aryl methyl sites for hydroxylation is 1. The standard InChI is InChI=1S/C26H42N4O2/c1-4-6-11-29(18-23-8-7-10-28(23)3)24(31)19-30(9-5-2)25(32)27-26-15-20-12-21(16-26)14-22(13-20)17-26/h7-8,10,20-22H,4-6,9,11-19H2,1-3H3,(H,27,32). The van der Waals surface area contributed by atoms with Gasteiger partial charge < -0.3 is 19.7 Å². The third-order valence-corrected chi connectivity index (χ3v) is 8.06. The maximum Gasteiger partial charge on any atom is 0.318 e. The number of hydrogen-bond acceptors (Lipinski definition) is 2. The number of aromatic nitrogens is 1. The Bertz CT molecular complexity index is 766. The molecule has 0 saturated heterocycles. The molecule has 4 aliphatic carbocycles. The maximum atomic E-state index is 13.4. The Balaban J connectivity index is 1.41. The van der Waals surface area contributed by atoms with Crippen molar-refractivity contribution in [2.24, 2.45) is 24.8 Å². The molecule has 3 amide bonds. The number of unbranched alkanes of at least 4 members (excludes halogenated alkanes) is 1. The number of urea groups is 1. The van der Waals surface area contributed by atoms with Gasteiger partial charge >= 0.3 is 6.03 Å². The largest absolute Gasteiger partial charge is 0.353 e. The molecular formula is C26H42N4O2. The SMILES string of the molecule is CCCCN(Cc1cccn1C)C(=O)CN(CCC)C(=O)NC12CC3CC(CC(C3)C1)C2. The van der Waals surface area contributed by atoms with E-state index < -0.39 is 0 Å². The fourth-order valence-corrected chi connectivity index (χ4v) is 6.85. The Labute approximate surface area is 193 Å². The minimum atomic E-state index is -0.0311. The first-order valence-corrected chi connectivity index (χ1v) is 12.9. The fraction of sp³-hybridized carbons (Fsp3) is 0.769. The first-order chi connectivity index (χ1) is 15.4. The second kappa shape index (κ2) is 9.88. The van der Waals surface area contributed by atoms with Crippen LogP contribution in [0.4, 0.5) is 4.79 Å². The van der Waals surface area contributed by atoms with Crippen LogP contribution in [0.25, 0.3) is 0 Å². The number of rotatable bonds is 10. The topological polar surface area (TPSA) is 57.6 Å². The van der Waals surface area contributed by atoms with E-state index in [1.807, 2.05) is 24.2 Å². The summed E-state index contributed by atoms with van der Waals surface area (Å²) in [5.74, 6) is 2.42. The third kappa shape index (κ3) is 5.15. The zero-order valence-electron chi connectivity index (χ0n) is 20.3. The molecule has 178 valence electrons. The van der Waals surface area contributed by atoms with Crippen LogP contribution in [0.5, 0.6) is 0 Å². The third-order valence-electron chi connectivity index (χ3n) is 8.06. The molecule has 4 bridgehead atoms. The summed E-state index contributed by atoms with van der Waals surface area (Å²) < 4.78 is 2.07. The van der Waals surface area contributed by atoms with Gasteiger partial charge in [-0.25, -0.2) is 4.79 Å². The quantitative estimate of drug-likeness (QED) is 0.578. The zero-order valence-corrected chi connectivity index (χ0v) is 20.3. The number of nitrogens with zero attached hydrogens (tertiary/aromatic N) is 3. The first kappa shape index (κ1) is 23.2. The van der Waals surface area contributed by atoms with Gasteiger partial charge in [-0.2, -0.15) is 0 Å². The predicted octanol–water partition coefficient (Wildman–Crippen LogP) is 4.54. The molecule has 4 fully saturated rings. The lowest BCUT2D eigenvalue weighted by atomic mass is 9.53. The molecule has 0 aromatic carbocycles. The number of carbonyl (C=O) groups excluding carboxylic acids is 2. The Hall–Kier alpha value is -1.98. The first-order valence-electron chi connectivity index (χ1n) is 12.9. The molecule has 6 heteroatoms. The summed E-state index contributed by atoms with van der Waals surface area (Å²) in [6.07, 6.45) is 12.4. The Morgan fingerprint density at radius 2 is 1.69 bits per heavy atom. The molecule has 4 aliphatic rings. The van der Waals surface area contributed by atoms with Crippen molar-refractivity contribution in [1.29, 1.82) is 0 Å². The van der Waals surface area contributed by atoms with E-state index in [4.69, 9.17) is 0 Å². The van der Waals surface area contributed by atoms with Gasteiger partial charge in [0.2, 0.25) is 5.91 Å². The Morgan fingerprint density at radius 1 is 1.03 bits per heavy atom. The zero-order chi connectivity index (χ0) is 22.7. The minimum Gasteiger partial charge on any atom is -0.353 e. The van der Waals surface area contributed by atoms with Gasteiger partial charge in [-0.1, -0.05) is 20.3 Å². The smallest absolute Gasteiger partial charge is 0.318 e. The van der Waals surface area contributed by atoms with E-state index in [9.17, 15) is 9.59 Å². The van der Waals surface area contributed by atoms with Crippen LogP contribution in [0.3, 0.4) is 0 Å². The summed E-state index contributed by atoms with van der Waals surface area (Å²) in [5, 5.41) is 3.46. The van der Waals surface area contributed by atoms with Crippen LogP contribution in [-0.2, 0) is 18.4 Å². The van der Waals surface area contributed by atoms with Gasteiger partial charge in [0.05, 0.1) is 6.54 Å². The lowest BCUT2D eigenvalue weighted by Gasteiger charge is -2.57. The van der Waals surface area contributed by atoms with Crippen molar-refractivity contribution in [3.8, 4) is 0 Å². The molecule has 1 heterocycles. The summed E-state index contributed by atoms with van der Waals surface area (Å²) in [4.78, 5) is 30.4. The van der Waals surface area contributed by atoms with Crippen LogP contribution >= 0.6 is 0 Å². The second-order valence-corrected chi connectivity index (χ2v) is 10.8. The molecule has 6 nitrogen and oxygen atoms in total. The van der Waals surface area contributed by atoms with E-state index in [1.54, 1.807) is 4.90 Å². The van der Waals surface area contributed by atoms with Crippen LogP contribution in [-0.4, -0.2) is 51.5 Å². The summed E-state index contributed by atoms with van der Waals surface area (Å²) in [6, 6.07) is 4.05. The maximum absolute atomic E-state index is 13.4. The van der Waals surface area contributed by atoms with Crippen molar-refractivity contribution in [2.75, 3.05) is 19.6 Å². The highest BCUT2D eigenvalue weighted by Crippen LogP contribution is 2.55. The fourth-order valence-electron chi connectivity index (χ4n) is 6.85. The van der Waals surface area contributed by atoms with E-state index in [-0.39, 0.29) is 24.0 Å². The summed E-state index contributed by atoms with van der Waals surface area (Å²) in [6.45, 7) is 6.34. The van der Waals surface area contributed by atoms with Crippen LogP contribution in [0.15, 0.2) is 18.3 Å². The van der Waals surface area contributed by atoms with Crippen molar-refractivity contribution < 1.29 is 9.59 Å². The molecular weight excluding hydrogens is 400 g/mol. The van der Waals surface area contributed by atoms with Crippen molar-refractivity contribution in [1.82, 2.24) is 19.7 Å². The van der Waals surface area contributed by atoms with E-state index in [1.165, 1.54) is 19.3 Å². The lowest BCUT2D eigenvalue weighted by Crippen LogP contribution is -2.62. The second-order valence-electron chi connectivity index (χ2n) is 10.8. The van der Waals surface area contributed by atoms with Gasteiger partial charge in [0.15, 0.2) is 0 Å². The van der Waals surface area contributed by atoms with Crippen LogP contribution in [0.2, 0.25) is 0 Å². The van der Waals surface area contributed by atoms with Crippen molar-refractivity contribution in [3.05, 3.63) is 24.0 Å². The lowest BCUT2D eigenvalue weighted by molar-refractivity contribution is -0.132. The monoisotopic (exact) mass is 442 g/mol. The predicted molar refractivity (Wildman–Crippen MR) is 127 cm³/mol. The molecule has 32 heavy (non-hydrogen) atoms. The molecule has 5 rings (SSSR count). The highest BCUT2D eigenvalue weighted by Gasteiger charge is 2.51. The normalized spacial score (nSPS) is 28.0. The van der Waals surface area contributed by atoms with Crippen molar-refractivity contribution in [3.63, 3.8) is 0 Å². The molecule has 0 atom stereocenters. The average Bonchev–Trinajstić information content (AvgIpc) is 3.13. The Morgan fingerprint density at radius 3 is 2.22 bits per heavy atom. The van der Waals surface area contributed by atoms with Gasteiger partial charge in [-0.3, -0.25) is 4.79 Å². The number of amides is 3. The molecule has 4 saturated carbocycles. The van der Waals surface area contributed by atoms with E-state index in [2.05, 4.69) is 29.8 Å². The number of hydrogen-bond donors (Lipinski definition) is 1. The molecule has 1 N–H and O–H groups in total. The van der Waals surface area contributed by atoms with E-state index in [0.29, 0.717) is 13.1 Å². The van der Waals surface area contributed by atoms with Gasteiger partial charge in [0.25, 0.3) is 0 Å². The summed E-state index contributed by atoms with van der Waals surface area (Å²) >= 11 is 0.